The van der Waals surface area contributed by atoms with E-state index in [9.17, 15) is 4.79 Å². The Morgan fingerprint density at radius 1 is 1.19 bits per heavy atom. The van der Waals surface area contributed by atoms with E-state index in [0.29, 0.717) is 19.0 Å². The van der Waals surface area contributed by atoms with Gasteiger partial charge in [-0.1, -0.05) is 17.7 Å². The van der Waals surface area contributed by atoms with Gasteiger partial charge >= 0.3 is 0 Å². The molecule has 0 N–H and O–H groups in total. The molecule has 0 radical (unpaired) electrons. The van der Waals surface area contributed by atoms with E-state index in [1.165, 1.54) is 5.56 Å². The van der Waals surface area contributed by atoms with E-state index >= 15 is 0 Å². The fourth-order valence-electron chi connectivity index (χ4n) is 2.75. The molecule has 0 aliphatic carbocycles. The van der Waals surface area contributed by atoms with Gasteiger partial charge in [0.1, 0.15) is 0 Å². The van der Waals surface area contributed by atoms with Crippen LogP contribution >= 0.6 is 11.8 Å². The van der Waals surface area contributed by atoms with E-state index in [1.54, 1.807) is 11.8 Å². The van der Waals surface area contributed by atoms with E-state index in [0.717, 1.165) is 30.8 Å². The zero-order chi connectivity index (χ0) is 14.7. The molecular weight excluding hydrogens is 286 g/mol. The zero-order valence-corrected chi connectivity index (χ0v) is 13.2. The second-order valence-corrected chi connectivity index (χ2v) is 6.64. The number of aryl methyl sites for hydroxylation is 1. The largest absolute Gasteiger partial charge is 0.347 e. The molecule has 5 heteroatoms. The number of likely N-dealkylation sites (tertiary alicyclic amines) is 1. The Kier molecular flexibility index (Phi) is 4.52. The fourth-order valence-corrected chi connectivity index (χ4v) is 3.55. The second-order valence-electron chi connectivity index (χ2n) is 5.59. The van der Waals surface area contributed by atoms with E-state index in [4.69, 9.17) is 9.47 Å². The van der Waals surface area contributed by atoms with Crippen LogP contribution in [0.2, 0.25) is 0 Å². The summed E-state index contributed by atoms with van der Waals surface area (Å²) in [5.41, 5.74) is 1.24. The van der Waals surface area contributed by atoms with Crippen LogP contribution in [0.15, 0.2) is 29.2 Å². The maximum absolute atomic E-state index is 12.3. The first-order chi connectivity index (χ1) is 10.2. The average Bonchev–Trinajstić information content (AvgIpc) is 2.95. The summed E-state index contributed by atoms with van der Waals surface area (Å²) in [6, 6.07) is 8.29. The molecule has 0 unspecified atom stereocenters. The summed E-state index contributed by atoms with van der Waals surface area (Å²) in [6.07, 6.45) is 1.57. The number of hydrogen-bond acceptors (Lipinski definition) is 4. The Labute approximate surface area is 129 Å². The Balaban J connectivity index is 1.47. The number of thioether (sulfide) groups is 1. The molecule has 0 atom stereocenters. The van der Waals surface area contributed by atoms with Crippen molar-refractivity contribution in [3.05, 3.63) is 29.8 Å². The molecule has 2 aliphatic rings. The van der Waals surface area contributed by atoms with Crippen molar-refractivity contribution in [1.82, 2.24) is 4.90 Å². The van der Waals surface area contributed by atoms with Crippen molar-refractivity contribution >= 4 is 17.7 Å². The van der Waals surface area contributed by atoms with Crippen molar-refractivity contribution in [1.29, 1.82) is 0 Å². The minimum absolute atomic E-state index is 0.202. The maximum Gasteiger partial charge on any atom is 0.232 e. The first-order valence-corrected chi connectivity index (χ1v) is 8.41. The Hall–Kier alpha value is -1.04. The summed E-state index contributed by atoms with van der Waals surface area (Å²) in [6.45, 7) is 4.88. The van der Waals surface area contributed by atoms with Gasteiger partial charge in [0.2, 0.25) is 5.91 Å². The molecule has 0 saturated carbocycles. The third-order valence-electron chi connectivity index (χ3n) is 4.07. The highest BCUT2D eigenvalue weighted by Gasteiger charge is 2.40. The molecule has 2 heterocycles. The van der Waals surface area contributed by atoms with Crippen LogP contribution in [0.4, 0.5) is 0 Å². The first kappa shape index (κ1) is 14.9. The van der Waals surface area contributed by atoms with Gasteiger partial charge in [-0.3, -0.25) is 4.79 Å². The summed E-state index contributed by atoms with van der Waals surface area (Å²) >= 11 is 1.60. The van der Waals surface area contributed by atoms with Gasteiger partial charge in [-0.05, 0) is 19.1 Å². The third-order valence-corrected chi connectivity index (χ3v) is 5.07. The highest BCUT2D eigenvalue weighted by atomic mass is 32.2. The lowest BCUT2D eigenvalue weighted by Gasteiger charge is -2.37. The molecule has 3 rings (SSSR count). The van der Waals surface area contributed by atoms with Gasteiger partial charge in [-0.15, -0.1) is 11.8 Å². The van der Waals surface area contributed by atoms with E-state index < -0.39 is 5.79 Å². The number of rotatable bonds is 3. The summed E-state index contributed by atoms with van der Waals surface area (Å²) in [5, 5.41) is 0. The maximum atomic E-state index is 12.3. The second kappa shape index (κ2) is 6.38. The first-order valence-electron chi connectivity index (χ1n) is 7.42. The van der Waals surface area contributed by atoms with Crippen LogP contribution in [0.1, 0.15) is 18.4 Å². The van der Waals surface area contributed by atoms with Crippen molar-refractivity contribution in [2.75, 3.05) is 32.1 Å². The lowest BCUT2D eigenvalue weighted by molar-refractivity contribution is -0.186. The highest BCUT2D eigenvalue weighted by Crippen LogP contribution is 2.31. The molecule has 114 valence electrons. The molecule has 1 aromatic rings. The zero-order valence-electron chi connectivity index (χ0n) is 12.3. The van der Waals surface area contributed by atoms with Crippen LogP contribution in [0.3, 0.4) is 0 Å². The molecule has 0 aromatic heterocycles. The van der Waals surface area contributed by atoms with Crippen LogP contribution in [0.5, 0.6) is 0 Å². The van der Waals surface area contributed by atoms with E-state index in [1.807, 2.05) is 4.90 Å². The number of hydrogen-bond donors (Lipinski definition) is 0. The molecule has 2 fully saturated rings. The molecule has 1 aromatic carbocycles. The van der Waals surface area contributed by atoms with Crippen LogP contribution in [0.25, 0.3) is 0 Å². The Bertz CT molecular complexity index is 487. The van der Waals surface area contributed by atoms with E-state index in [2.05, 4.69) is 31.2 Å². The smallest absolute Gasteiger partial charge is 0.232 e. The van der Waals surface area contributed by atoms with Gasteiger partial charge in [0, 0.05) is 30.8 Å². The molecule has 1 spiro atoms. The van der Waals surface area contributed by atoms with Crippen LogP contribution < -0.4 is 0 Å². The van der Waals surface area contributed by atoms with Crippen molar-refractivity contribution in [3.63, 3.8) is 0 Å². The monoisotopic (exact) mass is 307 g/mol. The summed E-state index contributed by atoms with van der Waals surface area (Å²) in [5.74, 6) is 0.298. The van der Waals surface area contributed by atoms with Crippen LogP contribution in [0, 0.1) is 6.92 Å². The standard InChI is InChI=1S/C16H21NO3S/c1-13-2-4-14(5-3-13)21-12-15(18)17-8-6-16(7-9-17)19-10-11-20-16/h2-5H,6-12H2,1H3. The summed E-state index contributed by atoms with van der Waals surface area (Å²) in [4.78, 5) is 15.3. The van der Waals surface area contributed by atoms with Crippen LogP contribution in [-0.2, 0) is 14.3 Å². The van der Waals surface area contributed by atoms with Gasteiger partial charge in [-0.2, -0.15) is 0 Å². The predicted molar refractivity (Wildman–Crippen MR) is 82.4 cm³/mol. The highest BCUT2D eigenvalue weighted by molar-refractivity contribution is 8.00. The quantitative estimate of drug-likeness (QED) is 0.804. The molecule has 2 saturated heterocycles. The van der Waals surface area contributed by atoms with Gasteiger partial charge in [-0.25, -0.2) is 0 Å². The molecule has 21 heavy (non-hydrogen) atoms. The number of nitrogens with zero attached hydrogens (tertiary/aromatic N) is 1. The molecule has 2 aliphatic heterocycles. The van der Waals surface area contributed by atoms with Gasteiger partial charge < -0.3 is 14.4 Å². The molecule has 1 amide bonds. The normalized spacial score (nSPS) is 20.9. The lowest BCUT2D eigenvalue weighted by atomic mass is 10.0. The number of amides is 1. The van der Waals surface area contributed by atoms with Crippen molar-refractivity contribution in [2.24, 2.45) is 0 Å². The fraction of sp³-hybridized carbons (Fsp3) is 0.562. The Morgan fingerprint density at radius 3 is 2.43 bits per heavy atom. The molecular formula is C16H21NO3S. The van der Waals surface area contributed by atoms with Gasteiger partial charge in [0.05, 0.1) is 19.0 Å². The topological polar surface area (TPSA) is 38.8 Å². The third kappa shape index (κ3) is 3.59. The SMILES string of the molecule is Cc1ccc(SCC(=O)N2CCC3(CC2)OCCO3)cc1. The van der Waals surface area contributed by atoms with Gasteiger partial charge in [0.25, 0.3) is 0 Å². The lowest BCUT2D eigenvalue weighted by Crippen LogP contribution is -2.47. The summed E-state index contributed by atoms with van der Waals surface area (Å²) in [7, 11) is 0. The number of ether oxygens (including phenoxy) is 2. The number of benzene rings is 1. The van der Waals surface area contributed by atoms with Crippen molar-refractivity contribution in [3.8, 4) is 0 Å². The predicted octanol–water partition coefficient (Wildman–Crippen LogP) is 2.45. The number of carbonyl (C=O) groups excluding carboxylic acids is 1. The Morgan fingerprint density at radius 2 is 1.81 bits per heavy atom. The molecule has 0 bridgehead atoms. The summed E-state index contributed by atoms with van der Waals surface area (Å²) < 4.78 is 11.4. The van der Waals surface area contributed by atoms with E-state index in [-0.39, 0.29) is 5.91 Å². The minimum Gasteiger partial charge on any atom is -0.347 e. The van der Waals surface area contributed by atoms with Crippen molar-refractivity contribution in [2.45, 2.75) is 30.4 Å². The average molecular weight is 307 g/mol. The number of piperidine rings is 1. The van der Waals surface area contributed by atoms with Gasteiger partial charge in [0.15, 0.2) is 5.79 Å². The van der Waals surface area contributed by atoms with Crippen molar-refractivity contribution < 1.29 is 14.3 Å². The van der Waals surface area contributed by atoms with Crippen LogP contribution in [-0.4, -0.2) is 48.7 Å². The number of carbonyl (C=O) groups is 1. The minimum atomic E-state index is -0.402. The molecule has 4 nitrogen and oxygen atoms in total.